The van der Waals surface area contributed by atoms with E-state index >= 15 is 0 Å². The Bertz CT molecular complexity index is 785. The number of nitrogens with one attached hydrogen (secondary N) is 1. The fraction of sp³-hybridized carbons (Fsp3) is 0.500. The van der Waals surface area contributed by atoms with Crippen LogP contribution in [0.15, 0.2) is 18.2 Å². The first-order chi connectivity index (χ1) is 13.0. The molecular weight excluding hydrogens is 333 g/mol. The van der Waals surface area contributed by atoms with E-state index in [-0.39, 0.29) is 5.56 Å². The number of benzene rings is 1. The van der Waals surface area contributed by atoms with Crippen molar-refractivity contribution in [1.82, 2.24) is 10.2 Å². The molecule has 0 aromatic heterocycles. The number of rotatable bonds is 6. The third-order valence-electron chi connectivity index (χ3n) is 4.06. The van der Waals surface area contributed by atoms with E-state index < -0.39 is 53.4 Å². The van der Waals surface area contributed by atoms with E-state index in [9.17, 15) is 24.1 Å². The molecule has 1 aliphatic rings. The number of ether oxygens (including phenoxy) is 1. The van der Waals surface area contributed by atoms with Gasteiger partial charge in [-0.3, -0.25) is 10.1 Å². The Hall–Kier alpha value is -2.71. The molecule has 25 heavy (non-hydrogen) atoms. The molecule has 1 fully saturated rings. The molecule has 0 bridgehead atoms. The van der Waals surface area contributed by atoms with Gasteiger partial charge in [-0.1, -0.05) is 13.0 Å². The standard InChI is InChI=1S/C16H20FN3O5/c1-9(10-4-7-13(20(23)24)12(17)8-10)14(15(21)25-3)18-16(22)19(2)11-5-6-11/h4,7-9,11,14H,5-6H2,1-3H3,(H,18,22)/t9-,14+/m0/s1/i2D3. The molecule has 1 aromatic rings. The lowest BCUT2D eigenvalue weighted by Crippen LogP contribution is -2.50. The van der Waals surface area contributed by atoms with Gasteiger partial charge in [0.1, 0.15) is 6.04 Å². The minimum absolute atomic E-state index is 0.200. The number of carbonyl (C=O) groups excluding carboxylic acids is 2. The second-order valence-electron chi connectivity index (χ2n) is 5.81. The second-order valence-corrected chi connectivity index (χ2v) is 5.81. The van der Waals surface area contributed by atoms with Crippen LogP contribution < -0.4 is 5.32 Å². The Morgan fingerprint density at radius 2 is 2.20 bits per heavy atom. The minimum Gasteiger partial charge on any atom is -0.467 e. The first-order valence-electron chi connectivity index (χ1n) is 9.09. The molecule has 8 nitrogen and oxygen atoms in total. The molecule has 136 valence electrons. The van der Waals surface area contributed by atoms with Gasteiger partial charge >= 0.3 is 17.7 Å². The molecule has 0 radical (unpaired) electrons. The van der Waals surface area contributed by atoms with Crippen molar-refractivity contribution in [2.75, 3.05) is 14.1 Å². The van der Waals surface area contributed by atoms with Gasteiger partial charge < -0.3 is 15.0 Å². The lowest BCUT2D eigenvalue weighted by atomic mass is 9.93. The smallest absolute Gasteiger partial charge is 0.329 e. The molecule has 2 atom stereocenters. The highest BCUT2D eigenvalue weighted by atomic mass is 19.1. The van der Waals surface area contributed by atoms with Gasteiger partial charge in [0.2, 0.25) is 5.82 Å². The first kappa shape index (κ1) is 14.6. The fourth-order valence-electron chi connectivity index (χ4n) is 2.36. The molecular formula is C16H20FN3O5. The molecule has 1 aromatic carbocycles. The van der Waals surface area contributed by atoms with Gasteiger partial charge in [-0.05, 0) is 24.5 Å². The Balaban J connectivity index is 2.28. The van der Waals surface area contributed by atoms with Crippen molar-refractivity contribution in [2.45, 2.75) is 37.8 Å². The Kier molecular flexibility index (Phi) is 4.36. The van der Waals surface area contributed by atoms with Crippen molar-refractivity contribution in [3.63, 3.8) is 0 Å². The average Bonchev–Trinajstić information content (AvgIpc) is 3.41. The van der Waals surface area contributed by atoms with Crippen LogP contribution in [0.1, 0.15) is 35.4 Å². The lowest BCUT2D eigenvalue weighted by Gasteiger charge is -2.26. The number of urea groups is 1. The number of methoxy groups -OCH3 is 1. The number of esters is 1. The number of hydrogen-bond acceptors (Lipinski definition) is 5. The minimum atomic E-state index is -2.69. The van der Waals surface area contributed by atoms with E-state index in [1.54, 1.807) is 0 Å². The molecule has 0 saturated heterocycles. The number of nitro benzene ring substituents is 1. The highest BCUT2D eigenvalue weighted by molar-refractivity contribution is 5.84. The van der Waals surface area contributed by atoms with Crippen molar-refractivity contribution in [2.24, 2.45) is 0 Å². The SMILES string of the molecule is [2H]C([2H])([2H])N(C(=O)N[C@@H](C(=O)OC)[C@@H](C)c1ccc([N+](=O)[O-])c(F)c1)C1CC1. The van der Waals surface area contributed by atoms with Crippen molar-refractivity contribution in [3.05, 3.63) is 39.7 Å². The summed E-state index contributed by atoms with van der Waals surface area (Å²) < 4.78 is 41.2. The summed E-state index contributed by atoms with van der Waals surface area (Å²) in [5.74, 6) is -2.79. The first-order valence-corrected chi connectivity index (χ1v) is 7.59. The van der Waals surface area contributed by atoms with Crippen molar-refractivity contribution in [1.29, 1.82) is 0 Å². The number of nitrogens with zero attached hydrogens (tertiary/aromatic N) is 2. The zero-order valence-electron chi connectivity index (χ0n) is 16.7. The molecule has 0 spiro atoms. The van der Waals surface area contributed by atoms with Crippen LogP contribution in [0.3, 0.4) is 0 Å². The zero-order chi connectivity index (χ0) is 21.2. The van der Waals surface area contributed by atoms with Gasteiger partial charge in [-0.2, -0.15) is 4.39 Å². The fourth-order valence-corrected chi connectivity index (χ4v) is 2.36. The van der Waals surface area contributed by atoms with E-state index in [2.05, 4.69) is 10.1 Å². The van der Waals surface area contributed by atoms with Crippen LogP contribution in [0.25, 0.3) is 0 Å². The second kappa shape index (κ2) is 7.45. The van der Waals surface area contributed by atoms with Crippen molar-refractivity contribution in [3.8, 4) is 0 Å². The monoisotopic (exact) mass is 356 g/mol. The number of carbonyl (C=O) groups is 2. The summed E-state index contributed by atoms with van der Waals surface area (Å²) in [5.41, 5.74) is -0.525. The van der Waals surface area contributed by atoms with E-state index in [1.807, 2.05) is 0 Å². The maximum atomic E-state index is 13.9. The topological polar surface area (TPSA) is 102 Å². The van der Waals surface area contributed by atoms with Crippen LogP contribution >= 0.6 is 0 Å². The molecule has 1 aliphatic carbocycles. The lowest BCUT2D eigenvalue weighted by molar-refractivity contribution is -0.387. The Morgan fingerprint density at radius 1 is 1.52 bits per heavy atom. The normalized spacial score (nSPS) is 18.1. The molecule has 2 rings (SSSR count). The van der Waals surface area contributed by atoms with Crippen molar-refractivity contribution >= 4 is 17.7 Å². The van der Waals surface area contributed by atoms with Gasteiger partial charge in [-0.25, -0.2) is 9.59 Å². The van der Waals surface area contributed by atoms with E-state index in [1.165, 1.54) is 13.0 Å². The van der Waals surface area contributed by atoms with Gasteiger partial charge in [0.05, 0.1) is 12.0 Å². The van der Waals surface area contributed by atoms with Crippen molar-refractivity contribution < 1.29 is 27.8 Å². The van der Waals surface area contributed by atoms with E-state index in [0.717, 1.165) is 19.2 Å². The average molecular weight is 356 g/mol. The summed E-state index contributed by atoms with van der Waals surface area (Å²) >= 11 is 0. The zero-order valence-corrected chi connectivity index (χ0v) is 13.7. The highest BCUT2D eigenvalue weighted by Gasteiger charge is 2.34. The predicted molar refractivity (Wildman–Crippen MR) is 86.6 cm³/mol. The van der Waals surface area contributed by atoms with E-state index in [0.29, 0.717) is 17.7 Å². The number of nitro groups is 1. The maximum Gasteiger partial charge on any atom is 0.329 e. The van der Waals surface area contributed by atoms with Crippen LogP contribution in [0, 0.1) is 15.9 Å². The Morgan fingerprint density at radius 3 is 2.68 bits per heavy atom. The summed E-state index contributed by atoms with van der Waals surface area (Å²) in [6, 6.07) is 0.381. The quantitative estimate of drug-likeness (QED) is 0.478. The summed E-state index contributed by atoms with van der Waals surface area (Å²) in [6.45, 7) is -1.20. The highest BCUT2D eigenvalue weighted by Crippen LogP contribution is 2.27. The van der Waals surface area contributed by atoms with Crippen LogP contribution in [0.5, 0.6) is 0 Å². The molecule has 9 heteroatoms. The van der Waals surface area contributed by atoms with Crippen LogP contribution in [-0.4, -0.2) is 48.0 Å². The molecule has 1 saturated carbocycles. The van der Waals surface area contributed by atoms with Crippen LogP contribution in [0.2, 0.25) is 0 Å². The van der Waals surface area contributed by atoms with E-state index in [4.69, 9.17) is 4.11 Å². The summed E-state index contributed by atoms with van der Waals surface area (Å²) in [4.78, 5) is 35.3. The molecule has 1 N–H and O–H groups in total. The third kappa shape index (κ3) is 4.23. The number of amides is 2. The summed E-state index contributed by atoms with van der Waals surface area (Å²) in [6.07, 6.45) is 1.08. The van der Waals surface area contributed by atoms with Gasteiger partial charge in [0, 0.05) is 29.1 Å². The Labute approximate surface area is 148 Å². The number of hydrogen-bond donors (Lipinski definition) is 1. The molecule has 0 unspecified atom stereocenters. The third-order valence-corrected chi connectivity index (χ3v) is 4.06. The van der Waals surface area contributed by atoms with Gasteiger partial charge in [0.15, 0.2) is 0 Å². The maximum absolute atomic E-state index is 13.9. The van der Waals surface area contributed by atoms with Crippen LogP contribution in [-0.2, 0) is 9.53 Å². The molecule has 0 aliphatic heterocycles. The summed E-state index contributed by atoms with van der Waals surface area (Å²) in [7, 11) is 1.09. The molecule has 0 heterocycles. The number of halogens is 1. The van der Waals surface area contributed by atoms with Gasteiger partial charge in [0.25, 0.3) is 0 Å². The molecule has 2 amide bonds. The van der Waals surface area contributed by atoms with Gasteiger partial charge in [-0.15, -0.1) is 0 Å². The summed E-state index contributed by atoms with van der Waals surface area (Å²) in [5, 5.41) is 13.1. The van der Waals surface area contributed by atoms with Crippen LogP contribution in [0.4, 0.5) is 14.9 Å². The largest absolute Gasteiger partial charge is 0.467 e. The predicted octanol–water partition coefficient (Wildman–Crippen LogP) is 2.18.